The highest BCUT2D eigenvalue weighted by Crippen LogP contribution is 2.35. The SMILES string of the molecule is O=C1[C@H](C2=[NH+]CCC2)C(c2cc([N+](=O)[O-])c(Cl)cc2Cl)=NN1c1ccccc1. The minimum atomic E-state index is -0.666. The van der Waals surface area contributed by atoms with Crippen molar-refractivity contribution in [3.8, 4) is 0 Å². The van der Waals surface area contributed by atoms with Gasteiger partial charge in [0, 0.05) is 24.5 Å². The van der Waals surface area contributed by atoms with Crippen molar-refractivity contribution in [3.63, 3.8) is 0 Å². The van der Waals surface area contributed by atoms with Gasteiger partial charge in [0.05, 0.1) is 21.3 Å². The van der Waals surface area contributed by atoms with E-state index < -0.39 is 10.8 Å². The lowest BCUT2D eigenvalue weighted by Gasteiger charge is -2.13. The van der Waals surface area contributed by atoms with Crippen LogP contribution in [0.1, 0.15) is 18.4 Å². The molecule has 2 heterocycles. The number of benzene rings is 2. The number of anilines is 1. The predicted molar refractivity (Wildman–Crippen MR) is 107 cm³/mol. The van der Waals surface area contributed by atoms with Gasteiger partial charge >= 0.3 is 0 Å². The molecule has 2 aromatic carbocycles. The van der Waals surface area contributed by atoms with E-state index in [9.17, 15) is 14.9 Å². The van der Waals surface area contributed by atoms with Crippen LogP contribution in [0.4, 0.5) is 11.4 Å². The fourth-order valence-electron chi connectivity index (χ4n) is 3.47. The molecule has 142 valence electrons. The Labute approximate surface area is 170 Å². The van der Waals surface area contributed by atoms with Crippen molar-refractivity contribution in [3.05, 3.63) is 68.2 Å². The van der Waals surface area contributed by atoms with E-state index in [1.54, 1.807) is 12.1 Å². The summed E-state index contributed by atoms with van der Waals surface area (Å²) in [6.45, 7) is 0.770. The van der Waals surface area contributed by atoms with Gasteiger partial charge in [-0.2, -0.15) is 10.1 Å². The number of nitrogens with one attached hydrogen (secondary N) is 1. The number of halogens is 2. The van der Waals surface area contributed by atoms with Crippen molar-refractivity contribution in [1.82, 2.24) is 0 Å². The van der Waals surface area contributed by atoms with Crippen LogP contribution in [-0.4, -0.2) is 28.8 Å². The van der Waals surface area contributed by atoms with E-state index in [4.69, 9.17) is 23.2 Å². The number of hydrogen-bond acceptors (Lipinski definition) is 4. The third kappa shape index (κ3) is 3.16. The molecule has 0 spiro atoms. The van der Waals surface area contributed by atoms with Crippen LogP contribution in [0.5, 0.6) is 0 Å². The van der Waals surface area contributed by atoms with Crippen molar-refractivity contribution in [2.75, 3.05) is 11.6 Å². The van der Waals surface area contributed by atoms with E-state index in [1.807, 2.05) is 18.2 Å². The van der Waals surface area contributed by atoms with Crippen LogP contribution >= 0.6 is 23.2 Å². The molecule has 28 heavy (non-hydrogen) atoms. The molecule has 0 unspecified atom stereocenters. The lowest BCUT2D eigenvalue weighted by atomic mass is 9.90. The minimum absolute atomic E-state index is 0.0632. The fraction of sp³-hybridized carbons (Fsp3) is 0.211. The first kappa shape index (κ1) is 18.6. The number of hydrogen-bond donors (Lipinski definition) is 1. The molecule has 1 atom stereocenters. The van der Waals surface area contributed by atoms with E-state index in [-0.39, 0.29) is 21.6 Å². The lowest BCUT2D eigenvalue weighted by Crippen LogP contribution is -2.71. The van der Waals surface area contributed by atoms with Gasteiger partial charge in [0.1, 0.15) is 11.6 Å². The summed E-state index contributed by atoms with van der Waals surface area (Å²) in [5.41, 5.74) is 1.89. The van der Waals surface area contributed by atoms with Crippen molar-refractivity contribution >= 4 is 51.9 Å². The van der Waals surface area contributed by atoms with Crippen molar-refractivity contribution in [1.29, 1.82) is 0 Å². The maximum absolute atomic E-state index is 13.2. The first-order valence-corrected chi connectivity index (χ1v) is 9.44. The first-order valence-electron chi connectivity index (χ1n) is 8.68. The monoisotopic (exact) mass is 417 g/mol. The highest BCUT2D eigenvalue weighted by Gasteiger charge is 2.45. The molecule has 0 aromatic heterocycles. The van der Waals surface area contributed by atoms with Crippen molar-refractivity contribution < 1.29 is 14.7 Å². The zero-order chi connectivity index (χ0) is 19.8. The van der Waals surface area contributed by atoms with E-state index >= 15 is 0 Å². The molecule has 0 radical (unpaired) electrons. The Balaban J connectivity index is 1.87. The Hall–Kier alpha value is -2.77. The summed E-state index contributed by atoms with van der Waals surface area (Å²) < 4.78 is 0. The molecule has 1 amide bonds. The first-order chi connectivity index (χ1) is 13.5. The Morgan fingerprint density at radius 1 is 1.18 bits per heavy atom. The summed E-state index contributed by atoms with van der Waals surface area (Å²) in [4.78, 5) is 27.2. The Morgan fingerprint density at radius 3 is 2.57 bits per heavy atom. The van der Waals surface area contributed by atoms with Crippen LogP contribution in [0, 0.1) is 16.0 Å². The van der Waals surface area contributed by atoms with E-state index in [0.29, 0.717) is 17.0 Å². The topological polar surface area (TPSA) is 89.8 Å². The molecule has 2 aromatic rings. The quantitative estimate of drug-likeness (QED) is 0.612. The Kier molecular flexibility index (Phi) is 4.87. The van der Waals surface area contributed by atoms with E-state index in [2.05, 4.69) is 10.1 Å². The van der Waals surface area contributed by atoms with E-state index in [1.165, 1.54) is 17.1 Å². The molecule has 0 saturated heterocycles. The van der Waals surface area contributed by atoms with Crippen LogP contribution in [0.2, 0.25) is 10.0 Å². The molecule has 7 nitrogen and oxygen atoms in total. The maximum atomic E-state index is 13.2. The third-order valence-electron chi connectivity index (χ3n) is 4.77. The maximum Gasteiger partial charge on any atom is 0.288 e. The van der Waals surface area contributed by atoms with Gasteiger partial charge in [0.2, 0.25) is 0 Å². The van der Waals surface area contributed by atoms with Crippen LogP contribution in [0.25, 0.3) is 0 Å². The molecular weight excluding hydrogens is 403 g/mol. The number of nitrogens with zero attached hydrogens (tertiary/aromatic N) is 3. The summed E-state index contributed by atoms with van der Waals surface area (Å²) in [6.07, 6.45) is 1.64. The normalized spacial score (nSPS) is 19.0. The molecule has 0 saturated carbocycles. The molecule has 0 fully saturated rings. The number of carbonyl (C=O) groups excluding carboxylic acids is 1. The van der Waals surface area contributed by atoms with Gasteiger partial charge in [0.15, 0.2) is 11.6 Å². The second-order valence-electron chi connectivity index (χ2n) is 6.50. The molecule has 0 aliphatic carbocycles. The highest BCUT2D eigenvalue weighted by atomic mass is 35.5. The lowest BCUT2D eigenvalue weighted by molar-refractivity contribution is -0.448. The van der Waals surface area contributed by atoms with Gasteiger partial charge in [-0.3, -0.25) is 14.9 Å². The summed E-state index contributed by atoms with van der Waals surface area (Å²) in [5.74, 6) is -0.889. The largest absolute Gasteiger partial charge is 0.288 e. The van der Waals surface area contributed by atoms with Crippen LogP contribution in [-0.2, 0) is 4.79 Å². The zero-order valence-electron chi connectivity index (χ0n) is 14.6. The molecule has 1 N–H and O–H groups in total. The number of rotatable bonds is 4. The summed E-state index contributed by atoms with van der Waals surface area (Å²) in [7, 11) is 0. The molecule has 2 aliphatic rings. The van der Waals surface area contributed by atoms with Gasteiger partial charge in [-0.1, -0.05) is 41.4 Å². The van der Waals surface area contributed by atoms with Crippen LogP contribution in [0.3, 0.4) is 0 Å². The van der Waals surface area contributed by atoms with Gasteiger partial charge in [-0.15, -0.1) is 0 Å². The molecular formula is C19H15Cl2N4O3+. The highest BCUT2D eigenvalue weighted by molar-refractivity contribution is 6.41. The Bertz CT molecular complexity index is 1040. The minimum Gasteiger partial charge on any atom is -0.271 e. The summed E-state index contributed by atoms with van der Waals surface area (Å²) >= 11 is 12.3. The van der Waals surface area contributed by atoms with Crippen molar-refractivity contribution in [2.45, 2.75) is 12.8 Å². The second-order valence-corrected chi connectivity index (χ2v) is 7.31. The number of amides is 1. The number of hydrazone groups is 1. The van der Waals surface area contributed by atoms with Crippen molar-refractivity contribution in [2.24, 2.45) is 11.0 Å². The predicted octanol–water partition coefficient (Wildman–Crippen LogP) is 2.58. The van der Waals surface area contributed by atoms with Crippen LogP contribution < -0.4 is 10.0 Å². The summed E-state index contributed by atoms with van der Waals surface area (Å²) in [5, 5.41) is 17.3. The fourth-order valence-corrected chi connectivity index (χ4v) is 4.02. The summed E-state index contributed by atoms with van der Waals surface area (Å²) in [6, 6.07) is 11.6. The molecule has 9 heteroatoms. The molecule has 0 bridgehead atoms. The number of nitro groups is 1. The van der Waals surface area contributed by atoms with Gasteiger partial charge in [-0.05, 0) is 18.2 Å². The standard InChI is InChI=1S/C19H14Cl2N4O3/c20-13-10-14(21)16(25(27)28)9-12(13)18-17(15-7-4-8-22-15)19(26)24(23-18)11-5-2-1-3-6-11/h1-3,5-6,9-10,17H,4,7-8H2/p+1/t17-/m1/s1. The number of nitro benzene ring substituents is 1. The zero-order valence-corrected chi connectivity index (χ0v) is 16.1. The Morgan fingerprint density at radius 2 is 1.93 bits per heavy atom. The van der Waals surface area contributed by atoms with E-state index in [0.717, 1.165) is 25.1 Å². The third-order valence-corrected chi connectivity index (χ3v) is 5.39. The van der Waals surface area contributed by atoms with Crippen LogP contribution in [0.15, 0.2) is 47.6 Å². The van der Waals surface area contributed by atoms with Gasteiger partial charge in [0.25, 0.3) is 11.6 Å². The van der Waals surface area contributed by atoms with Gasteiger partial charge in [-0.25, -0.2) is 4.99 Å². The number of carbonyl (C=O) groups is 1. The second kappa shape index (κ2) is 7.33. The van der Waals surface area contributed by atoms with Gasteiger partial charge < -0.3 is 0 Å². The molecule has 2 aliphatic heterocycles. The molecule has 4 rings (SSSR count). The average molecular weight is 418 g/mol. The average Bonchev–Trinajstić information content (AvgIpc) is 3.30. The number of para-hydroxylation sites is 1. The smallest absolute Gasteiger partial charge is 0.271 e.